The van der Waals surface area contributed by atoms with Crippen molar-refractivity contribution < 1.29 is 4.79 Å². The predicted molar refractivity (Wildman–Crippen MR) is 104 cm³/mol. The second-order valence-corrected chi connectivity index (χ2v) is 7.50. The van der Waals surface area contributed by atoms with Crippen molar-refractivity contribution in [3.05, 3.63) is 53.3 Å². The molecule has 140 valence electrons. The Morgan fingerprint density at radius 1 is 1.31 bits per heavy atom. The molecule has 0 radical (unpaired) electrons. The fourth-order valence-electron chi connectivity index (χ4n) is 4.01. The minimum absolute atomic E-state index is 0. The molecule has 2 aromatic rings. The Kier molecular flexibility index (Phi) is 5.68. The van der Waals surface area contributed by atoms with Crippen LogP contribution in [-0.2, 0) is 11.8 Å². The third-order valence-electron chi connectivity index (χ3n) is 5.62. The first kappa shape index (κ1) is 18.9. The van der Waals surface area contributed by atoms with Crippen LogP contribution in [0.1, 0.15) is 41.5 Å². The summed E-state index contributed by atoms with van der Waals surface area (Å²) in [5, 5.41) is 11.0. The zero-order valence-electron chi connectivity index (χ0n) is 15.3. The van der Waals surface area contributed by atoms with Gasteiger partial charge in [-0.1, -0.05) is 24.3 Å². The molecule has 1 aliphatic carbocycles. The Bertz CT molecular complexity index is 771. The number of rotatable bonds is 5. The van der Waals surface area contributed by atoms with Crippen LogP contribution < -0.4 is 10.6 Å². The van der Waals surface area contributed by atoms with Gasteiger partial charge in [0.1, 0.15) is 0 Å². The molecule has 3 atom stereocenters. The molecule has 1 amide bonds. The van der Waals surface area contributed by atoms with Gasteiger partial charge in [-0.3, -0.25) is 9.48 Å². The second kappa shape index (κ2) is 7.80. The van der Waals surface area contributed by atoms with Crippen molar-refractivity contribution in [1.82, 2.24) is 20.4 Å². The van der Waals surface area contributed by atoms with E-state index in [0.29, 0.717) is 5.92 Å². The highest BCUT2D eigenvalue weighted by Gasteiger charge is 2.39. The molecule has 2 N–H and O–H groups in total. The van der Waals surface area contributed by atoms with E-state index in [1.807, 2.05) is 24.1 Å². The van der Waals surface area contributed by atoms with Gasteiger partial charge in [-0.15, -0.1) is 12.4 Å². The maximum atomic E-state index is 13.1. The summed E-state index contributed by atoms with van der Waals surface area (Å²) in [6, 6.07) is 8.56. The number of nitrogens with one attached hydrogen (secondary N) is 2. The summed E-state index contributed by atoms with van der Waals surface area (Å²) in [6.45, 7) is 3.70. The molecule has 5 nitrogen and oxygen atoms in total. The standard InChI is InChI=1S/C20H26N4O.ClH/c1-13-5-3-4-6-16(13)19(14-7-8-14)23-20(25)18-11-21-10-17(18)15-9-22-24(2)12-15;/h3-6,9,12,14,17-19,21H,7-8,10-11H2,1-2H3,(H,23,25);1H/t17-,18+,19?;/m1./s1. The van der Waals surface area contributed by atoms with Crippen LogP contribution in [0.15, 0.2) is 36.7 Å². The predicted octanol–water partition coefficient (Wildman–Crippen LogP) is 2.72. The van der Waals surface area contributed by atoms with Crippen molar-refractivity contribution in [3.8, 4) is 0 Å². The van der Waals surface area contributed by atoms with Crippen molar-refractivity contribution in [2.24, 2.45) is 18.9 Å². The summed E-state index contributed by atoms with van der Waals surface area (Å²) >= 11 is 0. The van der Waals surface area contributed by atoms with Crippen LogP contribution in [0.3, 0.4) is 0 Å². The molecule has 0 bridgehead atoms. The summed E-state index contributed by atoms with van der Waals surface area (Å²) in [5.41, 5.74) is 3.67. The maximum Gasteiger partial charge on any atom is 0.225 e. The summed E-state index contributed by atoms with van der Waals surface area (Å²) < 4.78 is 1.81. The molecule has 6 heteroatoms. The number of hydrogen-bond donors (Lipinski definition) is 2. The van der Waals surface area contributed by atoms with Crippen LogP contribution in [0, 0.1) is 18.8 Å². The third-order valence-corrected chi connectivity index (χ3v) is 5.62. The van der Waals surface area contributed by atoms with E-state index in [9.17, 15) is 4.79 Å². The molecular weight excluding hydrogens is 348 g/mol. The highest BCUT2D eigenvalue weighted by atomic mass is 35.5. The lowest BCUT2D eigenvalue weighted by Crippen LogP contribution is -2.38. The van der Waals surface area contributed by atoms with E-state index in [2.05, 4.69) is 46.9 Å². The van der Waals surface area contributed by atoms with Crippen molar-refractivity contribution in [3.63, 3.8) is 0 Å². The van der Waals surface area contributed by atoms with Gasteiger partial charge in [-0.25, -0.2) is 0 Å². The van der Waals surface area contributed by atoms with Gasteiger partial charge in [0.15, 0.2) is 0 Å². The van der Waals surface area contributed by atoms with Gasteiger partial charge in [0.05, 0.1) is 18.2 Å². The largest absolute Gasteiger partial charge is 0.349 e. The number of aryl methyl sites for hydroxylation is 2. The zero-order chi connectivity index (χ0) is 17.4. The van der Waals surface area contributed by atoms with Gasteiger partial charge in [-0.2, -0.15) is 5.10 Å². The highest BCUT2D eigenvalue weighted by molar-refractivity contribution is 5.85. The first-order valence-electron chi connectivity index (χ1n) is 9.18. The van der Waals surface area contributed by atoms with E-state index in [1.54, 1.807) is 0 Å². The maximum absolute atomic E-state index is 13.1. The highest BCUT2D eigenvalue weighted by Crippen LogP contribution is 2.42. The molecule has 2 fully saturated rings. The van der Waals surface area contributed by atoms with E-state index in [1.165, 1.54) is 24.0 Å². The van der Waals surface area contributed by atoms with Gasteiger partial charge in [0.2, 0.25) is 5.91 Å². The minimum atomic E-state index is -0.0329. The molecule has 2 heterocycles. The Hall–Kier alpha value is -1.85. The molecule has 4 rings (SSSR count). The van der Waals surface area contributed by atoms with Gasteiger partial charge < -0.3 is 10.6 Å². The summed E-state index contributed by atoms with van der Waals surface area (Å²) in [7, 11) is 1.92. The molecule has 1 saturated heterocycles. The first-order chi connectivity index (χ1) is 12.1. The normalized spacial score (nSPS) is 23.3. The Morgan fingerprint density at radius 3 is 2.73 bits per heavy atom. The smallest absolute Gasteiger partial charge is 0.225 e. The topological polar surface area (TPSA) is 59.0 Å². The monoisotopic (exact) mass is 374 g/mol. The van der Waals surface area contributed by atoms with E-state index < -0.39 is 0 Å². The molecule has 1 saturated carbocycles. The lowest BCUT2D eigenvalue weighted by atomic mass is 9.89. The van der Waals surface area contributed by atoms with Crippen molar-refractivity contribution in [1.29, 1.82) is 0 Å². The molecule has 0 spiro atoms. The lowest BCUT2D eigenvalue weighted by molar-refractivity contribution is -0.125. The average Bonchev–Trinajstić information content (AvgIpc) is 3.15. The van der Waals surface area contributed by atoms with Gasteiger partial charge >= 0.3 is 0 Å². The van der Waals surface area contributed by atoms with E-state index >= 15 is 0 Å². The van der Waals surface area contributed by atoms with Gasteiger partial charge in [0, 0.05) is 32.3 Å². The number of hydrogen-bond acceptors (Lipinski definition) is 3. The number of halogens is 1. The number of nitrogens with zero attached hydrogens (tertiary/aromatic N) is 2. The summed E-state index contributed by atoms with van der Waals surface area (Å²) in [6.07, 6.45) is 6.32. The second-order valence-electron chi connectivity index (χ2n) is 7.50. The van der Waals surface area contributed by atoms with Crippen molar-refractivity contribution in [2.45, 2.75) is 31.7 Å². The van der Waals surface area contributed by atoms with Crippen LogP contribution in [-0.4, -0.2) is 28.8 Å². The quantitative estimate of drug-likeness (QED) is 0.846. The van der Waals surface area contributed by atoms with Crippen LogP contribution >= 0.6 is 12.4 Å². The summed E-state index contributed by atoms with van der Waals surface area (Å²) in [4.78, 5) is 13.1. The molecule has 1 unspecified atom stereocenters. The number of carbonyl (C=O) groups excluding carboxylic acids is 1. The zero-order valence-corrected chi connectivity index (χ0v) is 16.1. The van der Waals surface area contributed by atoms with Crippen LogP contribution in [0.2, 0.25) is 0 Å². The van der Waals surface area contributed by atoms with Crippen LogP contribution in [0.25, 0.3) is 0 Å². The lowest BCUT2D eigenvalue weighted by Gasteiger charge is -2.24. The van der Waals surface area contributed by atoms with Crippen molar-refractivity contribution in [2.75, 3.05) is 13.1 Å². The molecule has 1 aromatic carbocycles. The van der Waals surface area contributed by atoms with Crippen LogP contribution in [0.5, 0.6) is 0 Å². The molecule has 2 aliphatic rings. The van der Waals surface area contributed by atoms with Crippen molar-refractivity contribution >= 4 is 18.3 Å². The Balaban J connectivity index is 0.00000196. The molecule has 1 aromatic heterocycles. The SMILES string of the molecule is Cc1ccccc1C(NC(=O)[C@H]1CNC[C@@H]1c1cnn(C)c1)C1CC1.Cl. The first-order valence-corrected chi connectivity index (χ1v) is 9.18. The number of amides is 1. The van der Waals surface area contributed by atoms with Gasteiger partial charge in [-0.05, 0) is 42.4 Å². The third kappa shape index (κ3) is 3.79. The average molecular weight is 375 g/mol. The minimum Gasteiger partial charge on any atom is -0.349 e. The fourth-order valence-corrected chi connectivity index (χ4v) is 4.01. The number of benzene rings is 1. The van der Waals surface area contributed by atoms with E-state index in [4.69, 9.17) is 0 Å². The van der Waals surface area contributed by atoms with Gasteiger partial charge in [0.25, 0.3) is 0 Å². The summed E-state index contributed by atoms with van der Waals surface area (Å²) in [5.74, 6) is 0.912. The molecule has 1 aliphatic heterocycles. The number of aromatic nitrogens is 2. The van der Waals surface area contributed by atoms with Crippen LogP contribution in [0.4, 0.5) is 0 Å². The Labute approximate surface area is 161 Å². The fraction of sp³-hybridized carbons (Fsp3) is 0.500. The van der Waals surface area contributed by atoms with E-state index in [0.717, 1.165) is 18.7 Å². The number of carbonyl (C=O) groups is 1. The van der Waals surface area contributed by atoms with E-state index in [-0.39, 0.29) is 36.2 Å². The molecular formula is C20H27ClN4O. The Morgan fingerprint density at radius 2 is 2.08 bits per heavy atom. The molecule has 26 heavy (non-hydrogen) atoms.